The second-order valence-corrected chi connectivity index (χ2v) is 4.39. The molecule has 2 nitrogen and oxygen atoms in total. The molecule has 2 heteroatoms. The average molecular weight is 204 g/mol. The van der Waals surface area contributed by atoms with E-state index in [1.54, 1.807) is 0 Å². The van der Waals surface area contributed by atoms with Gasteiger partial charge < -0.3 is 11.1 Å². The fourth-order valence-corrected chi connectivity index (χ4v) is 0.967. The summed E-state index contributed by atoms with van der Waals surface area (Å²) in [6.07, 6.45) is 1.82. The monoisotopic (exact) mass is 204 g/mol. The first-order valence-corrected chi connectivity index (χ1v) is 5.24. The molecule has 15 heavy (non-hydrogen) atoms. The molecule has 0 amide bonds. The Balaban J connectivity index is 0.000000187. The van der Waals surface area contributed by atoms with E-state index in [-0.39, 0.29) is 0 Å². The van der Waals surface area contributed by atoms with Gasteiger partial charge in [0.15, 0.2) is 0 Å². The summed E-state index contributed by atoms with van der Waals surface area (Å²) in [6, 6.07) is 8.04. The molecule has 0 spiro atoms. The molecule has 1 heterocycles. The zero-order valence-corrected chi connectivity index (χ0v) is 9.59. The van der Waals surface area contributed by atoms with Gasteiger partial charge in [-0.15, -0.1) is 0 Å². The van der Waals surface area contributed by atoms with E-state index in [2.05, 4.69) is 25.7 Å². The average Bonchev–Trinajstić information content (AvgIpc) is 2.95. The van der Waals surface area contributed by atoms with Gasteiger partial charge in [-0.3, -0.25) is 0 Å². The quantitative estimate of drug-likeness (QED) is 0.725. The summed E-state index contributed by atoms with van der Waals surface area (Å²) in [5.41, 5.74) is 8.21. The van der Waals surface area contributed by atoms with Gasteiger partial charge in [-0.25, -0.2) is 0 Å². The van der Waals surface area contributed by atoms with Gasteiger partial charge in [-0.05, 0) is 25.0 Å². The standard InChI is InChI=1S/C9H11N.C4H9N/c1-2-8-3-5-9(7-10)6-4-8;1-4(2)3-5-4/h2-6H,1,7,10H2;5H,3H2,1-2H3. The number of rotatable bonds is 2. The number of nitrogens with one attached hydrogen (secondary N) is 1. The normalized spacial score (nSPS) is 16.2. The SMILES string of the molecule is C=Cc1ccc(CN)cc1.CC1(C)CN1. The van der Waals surface area contributed by atoms with Crippen LogP contribution in [-0.2, 0) is 6.54 Å². The summed E-state index contributed by atoms with van der Waals surface area (Å²) >= 11 is 0. The van der Waals surface area contributed by atoms with Gasteiger partial charge >= 0.3 is 0 Å². The highest BCUT2D eigenvalue weighted by molar-refractivity contribution is 5.47. The van der Waals surface area contributed by atoms with Crippen LogP contribution in [0.5, 0.6) is 0 Å². The first kappa shape index (κ1) is 12.0. The Morgan fingerprint density at radius 1 is 1.40 bits per heavy atom. The topological polar surface area (TPSA) is 48.0 Å². The largest absolute Gasteiger partial charge is 0.326 e. The number of nitrogens with two attached hydrogens (primary N) is 1. The van der Waals surface area contributed by atoms with Crippen LogP contribution in [0.15, 0.2) is 30.8 Å². The van der Waals surface area contributed by atoms with E-state index in [1.807, 2.05) is 30.3 Å². The molecule has 1 fully saturated rings. The predicted octanol–water partition coefficient (Wildman–Crippen LogP) is 2.16. The van der Waals surface area contributed by atoms with Gasteiger partial charge in [-0.2, -0.15) is 0 Å². The van der Waals surface area contributed by atoms with Crippen molar-refractivity contribution in [2.45, 2.75) is 25.9 Å². The lowest BCUT2D eigenvalue weighted by Crippen LogP contribution is -1.98. The minimum Gasteiger partial charge on any atom is -0.326 e. The van der Waals surface area contributed by atoms with Crippen molar-refractivity contribution < 1.29 is 0 Å². The van der Waals surface area contributed by atoms with Crippen molar-refractivity contribution in [3.05, 3.63) is 42.0 Å². The van der Waals surface area contributed by atoms with Gasteiger partial charge in [-0.1, -0.05) is 36.9 Å². The zero-order chi connectivity index (χ0) is 11.3. The van der Waals surface area contributed by atoms with Crippen molar-refractivity contribution in [2.75, 3.05) is 6.54 Å². The maximum absolute atomic E-state index is 5.42. The van der Waals surface area contributed by atoms with Crippen LogP contribution in [0.4, 0.5) is 0 Å². The Morgan fingerprint density at radius 3 is 2.13 bits per heavy atom. The van der Waals surface area contributed by atoms with Gasteiger partial charge in [0.05, 0.1) is 0 Å². The second kappa shape index (κ2) is 5.10. The third-order valence-corrected chi connectivity index (χ3v) is 2.34. The van der Waals surface area contributed by atoms with Crippen LogP contribution in [0.2, 0.25) is 0 Å². The number of benzene rings is 1. The summed E-state index contributed by atoms with van der Waals surface area (Å²) in [5, 5.41) is 3.17. The highest BCUT2D eigenvalue weighted by atomic mass is 15.1. The summed E-state index contributed by atoms with van der Waals surface area (Å²) in [6.45, 7) is 9.84. The molecule has 0 atom stereocenters. The fraction of sp³-hybridized carbons (Fsp3) is 0.385. The van der Waals surface area contributed by atoms with Crippen molar-refractivity contribution >= 4 is 6.08 Å². The van der Waals surface area contributed by atoms with Crippen LogP contribution in [0, 0.1) is 0 Å². The van der Waals surface area contributed by atoms with Crippen LogP contribution < -0.4 is 11.1 Å². The molecule has 0 bridgehead atoms. The Bertz CT molecular complexity index is 306. The van der Waals surface area contributed by atoms with E-state index in [4.69, 9.17) is 5.73 Å². The molecule has 3 N–H and O–H groups in total. The summed E-state index contributed by atoms with van der Waals surface area (Å²) < 4.78 is 0. The van der Waals surface area contributed by atoms with Crippen LogP contribution in [-0.4, -0.2) is 12.1 Å². The van der Waals surface area contributed by atoms with Crippen molar-refractivity contribution in [3.63, 3.8) is 0 Å². The fourth-order valence-electron chi connectivity index (χ4n) is 0.967. The third kappa shape index (κ3) is 4.77. The molecule has 1 aliphatic rings. The molecule has 2 rings (SSSR count). The summed E-state index contributed by atoms with van der Waals surface area (Å²) in [5.74, 6) is 0. The molecule has 82 valence electrons. The molecule has 1 saturated heterocycles. The van der Waals surface area contributed by atoms with E-state index in [0.29, 0.717) is 12.1 Å². The maximum Gasteiger partial charge on any atom is 0.0250 e. The van der Waals surface area contributed by atoms with E-state index < -0.39 is 0 Å². The third-order valence-electron chi connectivity index (χ3n) is 2.34. The molecular weight excluding hydrogens is 184 g/mol. The maximum atomic E-state index is 5.42. The molecule has 0 unspecified atom stereocenters. The Morgan fingerprint density at radius 2 is 1.87 bits per heavy atom. The lowest BCUT2D eigenvalue weighted by Gasteiger charge is -1.95. The lowest BCUT2D eigenvalue weighted by atomic mass is 10.1. The van der Waals surface area contributed by atoms with Gasteiger partial charge in [0.2, 0.25) is 0 Å². The molecule has 1 aliphatic heterocycles. The van der Waals surface area contributed by atoms with Crippen LogP contribution in [0.25, 0.3) is 6.08 Å². The van der Waals surface area contributed by atoms with Crippen molar-refractivity contribution in [1.29, 1.82) is 0 Å². The van der Waals surface area contributed by atoms with Crippen molar-refractivity contribution in [1.82, 2.24) is 5.32 Å². The molecular formula is C13H20N2. The van der Waals surface area contributed by atoms with Gasteiger partial charge in [0, 0.05) is 18.6 Å². The van der Waals surface area contributed by atoms with Crippen LogP contribution in [0.3, 0.4) is 0 Å². The lowest BCUT2D eigenvalue weighted by molar-refractivity contribution is 0.786. The second-order valence-electron chi connectivity index (χ2n) is 4.39. The highest BCUT2D eigenvalue weighted by Gasteiger charge is 2.29. The minimum atomic E-state index is 0.500. The summed E-state index contributed by atoms with van der Waals surface area (Å²) in [7, 11) is 0. The molecule has 0 aromatic heterocycles. The summed E-state index contributed by atoms with van der Waals surface area (Å²) in [4.78, 5) is 0. The first-order valence-electron chi connectivity index (χ1n) is 5.24. The number of hydrogen-bond donors (Lipinski definition) is 2. The van der Waals surface area contributed by atoms with Crippen molar-refractivity contribution in [2.24, 2.45) is 5.73 Å². The smallest absolute Gasteiger partial charge is 0.0250 e. The molecule has 0 aliphatic carbocycles. The van der Waals surface area contributed by atoms with Crippen LogP contribution >= 0.6 is 0 Å². The zero-order valence-electron chi connectivity index (χ0n) is 9.59. The van der Waals surface area contributed by atoms with Gasteiger partial charge in [0.25, 0.3) is 0 Å². The van der Waals surface area contributed by atoms with Crippen molar-refractivity contribution in [3.8, 4) is 0 Å². The van der Waals surface area contributed by atoms with E-state index in [0.717, 1.165) is 11.1 Å². The Hall–Kier alpha value is -1.12. The highest BCUT2D eigenvalue weighted by Crippen LogP contribution is 2.11. The molecule has 1 aromatic rings. The Kier molecular flexibility index (Phi) is 4.06. The number of hydrogen-bond acceptors (Lipinski definition) is 2. The predicted molar refractivity (Wildman–Crippen MR) is 66.5 cm³/mol. The van der Waals surface area contributed by atoms with E-state index in [9.17, 15) is 0 Å². The molecule has 0 radical (unpaired) electrons. The molecule has 1 aromatic carbocycles. The Labute approximate surface area is 92.2 Å². The van der Waals surface area contributed by atoms with Gasteiger partial charge in [0.1, 0.15) is 0 Å². The minimum absolute atomic E-state index is 0.500. The van der Waals surface area contributed by atoms with Crippen LogP contribution in [0.1, 0.15) is 25.0 Å². The van der Waals surface area contributed by atoms with E-state index >= 15 is 0 Å². The molecule has 0 saturated carbocycles. The van der Waals surface area contributed by atoms with E-state index in [1.165, 1.54) is 6.54 Å². The first-order chi connectivity index (χ1) is 7.07.